The van der Waals surface area contributed by atoms with E-state index < -0.39 is 9.84 Å². The summed E-state index contributed by atoms with van der Waals surface area (Å²) in [6.45, 7) is 6.10. The Morgan fingerprint density at radius 3 is 2.71 bits per heavy atom. The van der Waals surface area contributed by atoms with Gasteiger partial charge in [-0.05, 0) is 13.3 Å². The molecule has 0 aromatic heterocycles. The highest BCUT2D eigenvalue weighted by Gasteiger charge is 2.26. The maximum absolute atomic E-state index is 11.7. The molecule has 0 radical (unpaired) electrons. The summed E-state index contributed by atoms with van der Waals surface area (Å²) in [5.74, 6) is 0.563. The molecule has 1 fully saturated rings. The molecule has 0 spiro atoms. The summed E-state index contributed by atoms with van der Waals surface area (Å²) >= 11 is 3.40. The second-order valence-electron chi connectivity index (χ2n) is 4.61. The Kier molecular flexibility index (Phi) is 6.40. The molecular weight excluding hydrogens is 306 g/mol. The zero-order valence-electron chi connectivity index (χ0n) is 10.6. The molecule has 0 aromatic rings. The second kappa shape index (κ2) is 7.07. The summed E-state index contributed by atoms with van der Waals surface area (Å²) in [4.78, 5) is 2.21. The number of morpholine rings is 1. The number of rotatable bonds is 6. The van der Waals surface area contributed by atoms with Crippen LogP contribution in [0.5, 0.6) is 0 Å². The van der Waals surface area contributed by atoms with Crippen LogP contribution >= 0.6 is 15.9 Å². The molecule has 0 amide bonds. The molecular formula is C11H22BrNO3S. The molecule has 0 saturated carbocycles. The van der Waals surface area contributed by atoms with E-state index >= 15 is 0 Å². The topological polar surface area (TPSA) is 46.6 Å². The second-order valence-corrected chi connectivity index (χ2v) is 7.56. The summed E-state index contributed by atoms with van der Waals surface area (Å²) < 4.78 is 28.9. The van der Waals surface area contributed by atoms with Gasteiger partial charge in [-0.3, -0.25) is 4.90 Å². The fourth-order valence-corrected chi connectivity index (χ4v) is 3.68. The number of alkyl halides is 1. The third kappa shape index (κ3) is 5.24. The first-order valence-electron chi connectivity index (χ1n) is 6.10. The molecule has 1 saturated heterocycles. The van der Waals surface area contributed by atoms with Gasteiger partial charge in [-0.25, -0.2) is 8.42 Å². The molecule has 2 unspecified atom stereocenters. The van der Waals surface area contributed by atoms with E-state index in [1.165, 1.54) is 0 Å². The van der Waals surface area contributed by atoms with Crippen LogP contribution in [0.1, 0.15) is 20.3 Å². The molecule has 2 atom stereocenters. The van der Waals surface area contributed by atoms with Gasteiger partial charge in [0.25, 0.3) is 0 Å². The molecule has 1 aliphatic heterocycles. The summed E-state index contributed by atoms with van der Waals surface area (Å²) in [6.07, 6.45) is 0.880. The van der Waals surface area contributed by atoms with Gasteiger partial charge in [-0.2, -0.15) is 0 Å². The quantitative estimate of drug-likeness (QED) is 0.690. The van der Waals surface area contributed by atoms with Crippen LogP contribution in [0.3, 0.4) is 0 Å². The third-order valence-corrected chi connectivity index (χ3v) is 5.57. The van der Waals surface area contributed by atoms with Gasteiger partial charge in [0.2, 0.25) is 0 Å². The average molecular weight is 328 g/mol. The van der Waals surface area contributed by atoms with Crippen LogP contribution in [0, 0.1) is 0 Å². The van der Waals surface area contributed by atoms with E-state index in [-0.39, 0.29) is 11.9 Å². The Balaban J connectivity index is 2.44. The third-order valence-electron chi connectivity index (χ3n) is 3.01. The Bertz CT molecular complexity index is 321. The van der Waals surface area contributed by atoms with Crippen LogP contribution < -0.4 is 0 Å². The Morgan fingerprint density at radius 1 is 1.41 bits per heavy atom. The number of sulfone groups is 1. The lowest BCUT2D eigenvalue weighted by Crippen LogP contribution is -2.50. The van der Waals surface area contributed by atoms with E-state index in [1.807, 2.05) is 6.92 Å². The van der Waals surface area contributed by atoms with Gasteiger partial charge < -0.3 is 4.74 Å². The highest BCUT2D eigenvalue weighted by Crippen LogP contribution is 2.13. The van der Waals surface area contributed by atoms with Gasteiger partial charge in [-0.1, -0.05) is 22.9 Å². The monoisotopic (exact) mass is 327 g/mol. The van der Waals surface area contributed by atoms with Crippen molar-refractivity contribution in [1.29, 1.82) is 0 Å². The van der Waals surface area contributed by atoms with Gasteiger partial charge in [0.15, 0.2) is 9.84 Å². The van der Waals surface area contributed by atoms with Crippen LogP contribution in [0.15, 0.2) is 0 Å². The van der Waals surface area contributed by atoms with Crippen molar-refractivity contribution >= 4 is 25.8 Å². The van der Waals surface area contributed by atoms with Crippen molar-refractivity contribution in [3.8, 4) is 0 Å². The largest absolute Gasteiger partial charge is 0.374 e. The normalized spacial score (nSPS) is 27.2. The van der Waals surface area contributed by atoms with Crippen molar-refractivity contribution < 1.29 is 13.2 Å². The van der Waals surface area contributed by atoms with Crippen LogP contribution in [-0.4, -0.2) is 62.0 Å². The first-order valence-corrected chi connectivity index (χ1v) is 9.05. The number of halogens is 1. The number of nitrogens with zero attached hydrogens (tertiary/aromatic N) is 1. The minimum atomic E-state index is -2.87. The minimum absolute atomic E-state index is 0.181. The predicted molar refractivity (Wildman–Crippen MR) is 73.5 cm³/mol. The molecule has 6 heteroatoms. The molecule has 0 aliphatic carbocycles. The zero-order valence-corrected chi connectivity index (χ0v) is 13.0. The summed E-state index contributed by atoms with van der Waals surface area (Å²) in [7, 11) is -2.87. The first kappa shape index (κ1) is 15.4. The number of hydrogen-bond acceptors (Lipinski definition) is 4. The standard InChI is InChI=1S/C11H22BrNO3S/c1-3-5-17(14,15)6-4-13-8-11(7-12)16-9-10(13)2/h10-11H,3-9H2,1-2H3. The lowest BCUT2D eigenvalue weighted by molar-refractivity contribution is -0.0441. The average Bonchev–Trinajstić information content (AvgIpc) is 2.28. The SMILES string of the molecule is CCCS(=O)(=O)CCN1CC(CBr)OCC1C. The van der Waals surface area contributed by atoms with Gasteiger partial charge in [0.1, 0.15) is 0 Å². The summed E-state index contributed by atoms with van der Waals surface area (Å²) in [5.41, 5.74) is 0. The Morgan fingerprint density at radius 2 is 2.12 bits per heavy atom. The van der Waals surface area contributed by atoms with E-state index in [0.29, 0.717) is 31.4 Å². The number of hydrogen-bond donors (Lipinski definition) is 0. The van der Waals surface area contributed by atoms with Crippen molar-refractivity contribution in [2.24, 2.45) is 0 Å². The van der Waals surface area contributed by atoms with Gasteiger partial charge in [-0.15, -0.1) is 0 Å². The number of ether oxygens (including phenoxy) is 1. The van der Waals surface area contributed by atoms with Gasteiger partial charge >= 0.3 is 0 Å². The molecule has 0 aromatic carbocycles. The fraction of sp³-hybridized carbons (Fsp3) is 1.00. The van der Waals surface area contributed by atoms with Crippen LogP contribution in [0.25, 0.3) is 0 Å². The van der Waals surface area contributed by atoms with E-state index in [4.69, 9.17) is 4.74 Å². The lowest BCUT2D eigenvalue weighted by atomic mass is 10.2. The Labute approximate surface area is 113 Å². The molecule has 17 heavy (non-hydrogen) atoms. The fourth-order valence-electron chi connectivity index (χ4n) is 1.95. The highest BCUT2D eigenvalue weighted by molar-refractivity contribution is 9.09. The van der Waals surface area contributed by atoms with E-state index in [1.54, 1.807) is 0 Å². The van der Waals surface area contributed by atoms with Crippen LogP contribution in [-0.2, 0) is 14.6 Å². The molecule has 4 nitrogen and oxygen atoms in total. The first-order chi connectivity index (χ1) is 7.98. The highest BCUT2D eigenvalue weighted by atomic mass is 79.9. The molecule has 1 heterocycles. The Hall–Kier alpha value is 0.350. The van der Waals surface area contributed by atoms with E-state index in [0.717, 1.165) is 11.9 Å². The van der Waals surface area contributed by atoms with Crippen molar-refractivity contribution in [3.63, 3.8) is 0 Å². The van der Waals surface area contributed by atoms with Crippen LogP contribution in [0.2, 0.25) is 0 Å². The molecule has 0 N–H and O–H groups in total. The smallest absolute Gasteiger partial charge is 0.151 e. The molecule has 102 valence electrons. The minimum Gasteiger partial charge on any atom is -0.374 e. The van der Waals surface area contributed by atoms with Crippen molar-refractivity contribution in [2.75, 3.05) is 36.5 Å². The van der Waals surface area contributed by atoms with E-state index in [2.05, 4.69) is 27.8 Å². The predicted octanol–water partition coefficient (Wildman–Crippen LogP) is 1.30. The van der Waals surface area contributed by atoms with Crippen molar-refractivity contribution in [3.05, 3.63) is 0 Å². The maximum Gasteiger partial charge on any atom is 0.151 e. The van der Waals surface area contributed by atoms with Gasteiger partial charge in [0, 0.05) is 30.2 Å². The van der Waals surface area contributed by atoms with Crippen LogP contribution in [0.4, 0.5) is 0 Å². The maximum atomic E-state index is 11.7. The zero-order chi connectivity index (χ0) is 12.9. The molecule has 1 aliphatic rings. The lowest BCUT2D eigenvalue weighted by Gasteiger charge is -2.37. The molecule has 0 bridgehead atoms. The molecule has 1 rings (SSSR count). The van der Waals surface area contributed by atoms with E-state index in [9.17, 15) is 8.42 Å². The van der Waals surface area contributed by atoms with Gasteiger partial charge in [0.05, 0.1) is 18.5 Å². The summed E-state index contributed by atoms with van der Waals surface area (Å²) in [5, 5.41) is 0.804. The van der Waals surface area contributed by atoms with Crippen molar-refractivity contribution in [2.45, 2.75) is 32.4 Å². The summed E-state index contributed by atoms with van der Waals surface area (Å²) in [6, 6.07) is 0.308. The van der Waals surface area contributed by atoms with Crippen molar-refractivity contribution in [1.82, 2.24) is 4.90 Å².